The Morgan fingerprint density at radius 2 is 1.27 bits per heavy atom. The van der Waals surface area contributed by atoms with Crippen molar-refractivity contribution in [2.75, 3.05) is 13.4 Å². The molecule has 3 aromatic rings. The molecule has 10 nitrogen and oxygen atoms in total. The van der Waals surface area contributed by atoms with Crippen LogP contribution in [-0.4, -0.2) is 64.6 Å². The highest BCUT2D eigenvalue weighted by atomic mass is 79.9. The van der Waals surface area contributed by atoms with Crippen LogP contribution in [0.3, 0.4) is 0 Å². The summed E-state index contributed by atoms with van der Waals surface area (Å²) in [5.41, 5.74) is 10.3. The first-order chi connectivity index (χ1) is 33.2. The number of allylic oxidation sites excluding steroid dienone is 5. The molecule has 3 unspecified atom stereocenters. The number of aromatic carboxylic acids is 1. The quantitative estimate of drug-likeness (QED) is 0.104. The number of benzene rings is 3. The molecule has 392 valence electrons. The minimum atomic E-state index is -0.828. The Morgan fingerprint density at radius 1 is 0.775 bits per heavy atom. The number of hydrogen-bond acceptors (Lipinski definition) is 10. The van der Waals surface area contributed by atoms with Gasteiger partial charge in [0.2, 0.25) is 0 Å². The van der Waals surface area contributed by atoms with Crippen molar-refractivity contribution in [2.45, 2.75) is 149 Å². The number of phenols is 2. The number of hydrogen-bond donors (Lipinski definition) is 3. The molecular formula is C58H80BrFO10S. The molecule has 0 saturated carbocycles. The Morgan fingerprint density at radius 3 is 1.69 bits per heavy atom. The van der Waals surface area contributed by atoms with Gasteiger partial charge in [0.15, 0.2) is 17.3 Å². The Balaban J connectivity index is 0. The van der Waals surface area contributed by atoms with E-state index in [0.717, 1.165) is 38.9 Å². The van der Waals surface area contributed by atoms with E-state index in [9.17, 15) is 38.6 Å². The third-order valence-corrected chi connectivity index (χ3v) is 14.0. The molecule has 0 aromatic heterocycles. The second kappa shape index (κ2) is 32.5. The molecule has 0 aliphatic heterocycles. The fourth-order valence-corrected chi connectivity index (χ4v) is 9.10. The normalized spacial score (nSPS) is 13.3. The predicted molar refractivity (Wildman–Crippen MR) is 294 cm³/mol. The summed E-state index contributed by atoms with van der Waals surface area (Å²) in [5, 5.41) is 31.8. The maximum atomic E-state index is 13.9. The molecule has 71 heavy (non-hydrogen) atoms. The average Bonchev–Trinajstić information content (AvgIpc) is 3.33. The first-order valence-electron chi connectivity index (χ1n) is 23.6. The Labute approximate surface area is 436 Å². The maximum absolute atomic E-state index is 13.9. The summed E-state index contributed by atoms with van der Waals surface area (Å²) in [4.78, 5) is 68.5. The van der Waals surface area contributed by atoms with Crippen LogP contribution in [-0.2, 0) is 19.1 Å². The molecule has 0 radical (unpaired) electrons. The first-order valence-corrected chi connectivity index (χ1v) is 25.7. The maximum Gasteiger partial charge on any atom is 0.336 e. The predicted octanol–water partition coefficient (Wildman–Crippen LogP) is 15.0. The van der Waals surface area contributed by atoms with Crippen LogP contribution in [0.15, 0.2) is 52.1 Å². The lowest BCUT2D eigenvalue weighted by atomic mass is 9.81. The van der Waals surface area contributed by atoms with Crippen molar-refractivity contribution in [3.05, 3.63) is 136 Å². The molecule has 0 spiro atoms. The smallest absolute Gasteiger partial charge is 0.336 e. The Hall–Kier alpha value is -5.40. The number of ketones is 4. The number of carbonyl (C=O) groups excluding carboxylic acids is 5. The zero-order valence-electron chi connectivity index (χ0n) is 45.7. The van der Waals surface area contributed by atoms with Crippen molar-refractivity contribution >= 4 is 63.6 Å². The second-order valence-electron chi connectivity index (χ2n) is 17.1. The minimum Gasteiger partial charge on any atom is -0.507 e. The molecular weight excluding hydrogens is 988 g/mol. The van der Waals surface area contributed by atoms with Crippen LogP contribution < -0.4 is 0 Å². The van der Waals surface area contributed by atoms with E-state index in [2.05, 4.69) is 22.5 Å². The summed E-state index contributed by atoms with van der Waals surface area (Å²) in [6.45, 7) is 37.0. The first kappa shape index (κ1) is 67.7. The molecule has 0 fully saturated rings. The van der Waals surface area contributed by atoms with E-state index in [1.807, 2.05) is 108 Å². The molecule has 0 heterocycles. The van der Waals surface area contributed by atoms with E-state index in [-0.39, 0.29) is 64.0 Å². The molecule has 1 aliphatic carbocycles. The largest absolute Gasteiger partial charge is 0.507 e. The zero-order chi connectivity index (χ0) is 55.9. The molecule has 13 heteroatoms. The number of ether oxygens (including phenoxy) is 1. The molecule has 0 saturated heterocycles. The van der Waals surface area contributed by atoms with Crippen molar-refractivity contribution in [3.63, 3.8) is 0 Å². The standard InChI is InChI=1S/C24H29BrO5.C14H19FO2.C12H16O2.C5H8S.C2H6.CH2O/c1-7-8-17(27)22-15(5)14(4)20(23(25)24(22)29)13(3)10-18(28)21-12(2)9-16(26)11-19(21)30-6;1-6-7(2)13(16)11-10(5)12(15)8(3)9(4)14(11)17;1-6-7(2)9(4)11(12(13)14)10(5)8(6)3;1-3-4-5-6-2;2*1-2/h9,11,13,21,29H,7-8,10H2,1-6H3;7,17H,6H2,1-5H3;1-5H3,(H,13,14);3-5H,1H2,2H3;1-2H3;1H2/b;;;5-4+;;. The number of aromatic hydroxyl groups is 2. The van der Waals surface area contributed by atoms with Crippen molar-refractivity contribution < 1.29 is 53.2 Å². The summed E-state index contributed by atoms with van der Waals surface area (Å²) in [6, 6.07) is 0. The van der Waals surface area contributed by atoms with Gasteiger partial charge >= 0.3 is 5.97 Å². The lowest BCUT2D eigenvalue weighted by Crippen LogP contribution is -2.24. The van der Waals surface area contributed by atoms with Crippen LogP contribution in [0.4, 0.5) is 4.39 Å². The van der Waals surface area contributed by atoms with Gasteiger partial charge in [-0.3, -0.25) is 19.2 Å². The molecule has 1 aliphatic rings. The number of thioether (sulfide) groups is 1. The summed E-state index contributed by atoms with van der Waals surface area (Å²) in [6.07, 6.45) is 10.4. The number of phenolic OH excluding ortho intramolecular Hbond substituents is 2. The van der Waals surface area contributed by atoms with E-state index < -0.39 is 17.7 Å². The number of methoxy groups -OCH3 is 1. The van der Waals surface area contributed by atoms with Crippen molar-refractivity contribution in [1.82, 2.24) is 0 Å². The zero-order valence-corrected chi connectivity index (χ0v) is 48.1. The number of carboxylic acid groups (broad SMARTS) is 1. The van der Waals surface area contributed by atoms with Crippen LogP contribution in [0.25, 0.3) is 0 Å². The summed E-state index contributed by atoms with van der Waals surface area (Å²) in [7, 11) is 1.45. The Bertz CT molecular complexity index is 2410. The number of Topliss-reactive ketones (excluding diaryl/α,β-unsaturated/α-hetero) is 3. The van der Waals surface area contributed by atoms with Gasteiger partial charge in [0.25, 0.3) is 0 Å². The summed E-state index contributed by atoms with van der Waals surface area (Å²) in [5.74, 6) is -2.55. The average molecular weight is 1070 g/mol. The van der Waals surface area contributed by atoms with Crippen LogP contribution >= 0.6 is 27.7 Å². The van der Waals surface area contributed by atoms with Crippen molar-refractivity contribution in [1.29, 1.82) is 0 Å². The third kappa shape index (κ3) is 17.4. The number of halogens is 2. The molecule has 4 rings (SSSR count). The van der Waals surface area contributed by atoms with Crippen LogP contribution in [0, 0.1) is 86.9 Å². The van der Waals surface area contributed by atoms with Gasteiger partial charge in [0, 0.05) is 24.8 Å². The highest BCUT2D eigenvalue weighted by Gasteiger charge is 2.33. The number of carboxylic acids is 1. The van der Waals surface area contributed by atoms with E-state index in [1.54, 1.807) is 45.5 Å². The SMILES string of the molecule is C=C/C=C/SC.C=O.CC.CCC(C)C(=O)c1c(C)c(F)c(C)c(C)c1O.CCCC(=O)c1c(C)c(C)c(C(C)CC(=O)C2C(C)=CC(=O)C=C2OC)c(Br)c1O.Cc1c(C)c(C)c(C(=O)O)c(C)c1C. The second-order valence-corrected chi connectivity index (χ2v) is 18.6. The highest BCUT2D eigenvalue weighted by molar-refractivity contribution is 9.10. The van der Waals surface area contributed by atoms with Gasteiger partial charge in [0.05, 0.1) is 34.2 Å². The van der Waals surface area contributed by atoms with E-state index in [0.29, 0.717) is 57.3 Å². The number of carbonyl (C=O) groups is 6. The third-order valence-electron chi connectivity index (χ3n) is 12.8. The summed E-state index contributed by atoms with van der Waals surface area (Å²) >= 11 is 5.14. The summed E-state index contributed by atoms with van der Waals surface area (Å²) < 4.78 is 19.6. The monoisotopic (exact) mass is 1070 g/mol. The van der Waals surface area contributed by atoms with E-state index in [1.165, 1.54) is 31.7 Å². The molecule has 3 atom stereocenters. The molecule has 0 amide bonds. The van der Waals surface area contributed by atoms with Gasteiger partial charge < -0.3 is 24.9 Å². The number of rotatable bonds is 14. The fraction of sp³-hybridized carbons (Fsp3) is 0.448. The Kier molecular flexibility index (Phi) is 31.0. The van der Waals surface area contributed by atoms with Gasteiger partial charge in [-0.05, 0) is 190 Å². The van der Waals surface area contributed by atoms with Gasteiger partial charge in [0.1, 0.15) is 35.6 Å². The lowest BCUT2D eigenvalue weighted by molar-refractivity contribution is -0.122. The van der Waals surface area contributed by atoms with Crippen LogP contribution in [0.2, 0.25) is 0 Å². The van der Waals surface area contributed by atoms with E-state index >= 15 is 0 Å². The molecule has 0 bridgehead atoms. The van der Waals surface area contributed by atoms with Gasteiger partial charge in [-0.2, -0.15) is 0 Å². The van der Waals surface area contributed by atoms with Crippen molar-refractivity contribution in [3.8, 4) is 11.5 Å². The van der Waals surface area contributed by atoms with Gasteiger partial charge in [-0.25, -0.2) is 9.18 Å². The van der Waals surface area contributed by atoms with Crippen molar-refractivity contribution in [2.24, 2.45) is 11.8 Å². The minimum absolute atomic E-state index is 0.0635. The fourth-order valence-electron chi connectivity index (χ4n) is 7.94. The van der Waals surface area contributed by atoms with Crippen LogP contribution in [0.5, 0.6) is 11.5 Å². The van der Waals surface area contributed by atoms with Crippen LogP contribution in [0.1, 0.15) is 172 Å². The van der Waals surface area contributed by atoms with Gasteiger partial charge in [-0.15, -0.1) is 11.8 Å². The topological polar surface area (TPSA) is 172 Å². The molecule has 3 aromatic carbocycles. The molecule has 3 N–H and O–H groups in total. The van der Waals surface area contributed by atoms with E-state index in [4.69, 9.17) is 14.6 Å². The highest BCUT2D eigenvalue weighted by Crippen LogP contribution is 2.43. The van der Waals surface area contributed by atoms with Gasteiger partial charge in [-0.1, -0.05) is 65.8 Å². The lowest BCUT2D eigenvalue weighted by Gasteiger charge is -2.25.